The molecule has 1 aliphatic carbocycles. The summed E-state index contributed by atoms with van der Waals surface area (Å²) < 4.78 is 51.2. The van der Waals surface area contributed by atoms with E-state index in [0.29, 0.717) is 23.9 Å². The molecule has 10 heteroatoms. The van der Waals surface area contributed by atoms with Crippen LogP contribution in [-0.2, 0) is 25.7 Å². The number of esters is 1. The highest BCUT2D eigenvalue weighted by Gasteiger charge is 2.53. The molecule has 0 aromatic heterocycles. The fraction of sp³-hybridized carbons (Fsp3) is 0.500. The smallest absolute Gasteiger partial charge is 0.305 e. The molecule has 0 radical (unpaired) electrons. The zero-order valence-corrected chi connectivity index (χ0v) is 31.3. The van der Waals surface area contributed by atoms with E-state index in [1.165, 1.54) is 43.9 Å². The normalized spacial score (nSPS) is 22.6. The number of rotatable bonds is 14. The number of hydrogen-bond acceptors (Lipinski definition) is 6. The molecular formula is C44H53F3N4O3. The summed E-state index contributed by atoms with van der Waals surface area (Å²) in [5.74, 6) is -2.64. The average molecular weight is 743 g/mol. The lowest BCUT2D eigenvalue weighted by molar-refractivity contribution is -0.142. The summed E-state index contributed by atoms with van der Waals surface area (Å²) in [7, 11) is 1.47. The lowest BCUT2D eigenvalue weighted by Gasteiger charge is -2.54. The number of amides is 1. The van der Waals surface area contributed by atoms with Crippen LogP contribution >= 0.6 is 0 Å². The Hall–Kier alpha value is -4.15. The van der Waals surface area contributed by atoms with Crippen LogP contribution in [0.3, 0.4) is 0 Å². The predicted octanol–water partition coefficient (Wildman–Crippen LogP) is 7.86. The van der Waals surface area contributed by atoms with Crippen molar-refractivity contribution in [3.63, 3.8) is 0 Å². The number of benzene rings is 3. The van der Waals surface area contributed by atoms with Gasteiger partial charge < -0.3 is 24.8 Å². The number of piperidine rings is 1. The van der Waals surface area contributed by atoms with Gasteiger partial charge in [0, 0.05) is 66.4 Å². The maximum absolute atomic E-state index is 15.5. The summed E-state index contributed by atoms with van der Waals surface area (Å²) in [5.41, 5.74) is 1.79. The maximum Gasteiger partial charge on any atom is 0.305 e. The minimum absolute atomic E-state index is 0.101. The zero-order valence-electron chi connectivity index (χ0n) is 31.3. The van der Waals surface area contributed by atoms with Gasteiger partial charge in [0.05, 0.1) is 7.11 Å². The van der Waals surface area contributed by atoms with Gasteiger partial charge in [0.25, 0.3) is 5.92 Å². The van der Waals surface area contributed by atoms with Crippen LogP contribution in [0.5, 0.6) is 0 Å². The van der Waals surface area contributed by atoms with Crippen molar-refractivity contribution in [1.29, 1.82) is 0 Å². The minimum Gasteiger partial charge on any atom is -0.469 e. The Labute approximate surface area is 317 Å². The van der Waals surface area contributed by atoms with E-state index >= 15 is 13.2 Å². The number of nitrogens with zero attached hydrogens (tertiary/aromatic N) is 3. The Bertz CT molecular complexity index is 1790. The van der Waals surface area contributed by atoms with E-state index in [2.05, 4.69) is 32.7 Å². The largest absolute Gasteiger partial charge is 0.469 e. The number of likely N-dealkylation sites (tertiary alicyclic amines) is 2. The Morgan fingerprint density at radius 2 is 1.59 bits per heavy atom. The maximum atomic E-state index is 15.5. The van der Waals surface area contributed by atoms with Crippen LogP contribution in [0.25, 0.3) is 0 Å². The molecular weight excluding hydrogens is 690 g/mol. The summed E-state index contributed by atoms with van der Waals surface area (Å²) in [6.45, 7) is 11.2. The minimum atomic E-state index is -3.22. The fourth-order valence-electron chi connectivity index (χ4n) is 9.96. The van der Waals surface area contributed by atoms with Gasteiger partial charge in [-0.05, 0) is 124 Å². The van der Waals surface area contributed by atoms with Gasteiger partial charge in [-0.2, -0.15) is 8.78 Å². The van der Waals surface area contributed by atoms with E-state index in [4.69, 9.17) is 4.74 Å². The third-order valence-corrected chi connectivity index (χ3v) is 12.8. The van der Waals surface area contributed by atoms with Crippen molar-refractivity contribution in [1.82, 2.24) is 9.80 Å². The van der Waals surface area contributed by atoms with Crippen molar-refractivity contribution in [2.24, 2.45) is 23.7 Å². The van der Waals surface area contributed by atoms with Crippen LogP contribution in [0.1, 0.15) is 61.6 Å². The lowest BCUT2D eigenvalue weighted by Crippen LogP contribution is -2.58. The summed E-state index contributed by atoms with van der Waals surface area (Å²) in [6.07, 6.45) is 7.90. The molecule has 1 amide bonds. The van der Waals surface area contributed by atoms with Gasteiger partial charge in [-0.25, -0.2) is 4.39 Å². The molecule has 4 aliphatic rings. The second-order valence-electron chi connectivity index (χ2n) is 16.0. The SMILES string of the molecule is C=CC(=O)Nc1cccc(C(F)(F)c2ccc(N3CC(CN4CCC([C@@](CN5CCC5)(c5cccc(F)c5)[C@H]5CCC[C@@H]5CC(=O)OC)CC4)C3)cc2)c1. The number of anilines is 2. The van der Waals surface area contributed by atoms with E-state index in [9.17, 15) is 9.59 Å². The standard InChI is InChI=1S/C44H53F3N4O3/c1-3-41(52)48-38-12-6-10-36(26-38)44(46,47)34-14-16-39(17-15-34)51-28-31(29-51)27-49-22-18-33(19-23-49)43(30-50-20-7-21-50,35-9-5-11-37(45)25-35)40-13-4-8-32(40)24-42(53)54-2/h3,5-6,9-12,14-17,25-26,31-33,40H,1,4,7-8,13,18-24,27-30H2,2H3,(H,48,52)/t32-,40+,43+/m1/s1. The second-order valence-corrected chi connectivity index (χ2v) is 16.0. The number of halogens is 3. The first kappa shape index (κ1) is 38.1. The van der Waals surface area contributed by atoms with Gasteiger partial charge in [0.2, 0.25) is 5.91 Å². The number of hydrogen-bond donors (Lipinski definition) is 1. The summed E-state index contributed by atoms with van der Waals surface area (Å²) in [4.78, 5) is 31.6. The van der Waals surface area contributed by atoms with Gasteiger partial charge in [-0.15, -0.1) is 0 Å². The molecule has 3 aromatic carbocycles. The number of ether oxygens (including phenoxy) is 1. The molecule has 3 aromatic rings. The Morgan fingerprint density at radius 3 is 2.26 bits per heavy atom. The second kappa shape index (κ2) is 16.3. The monoisotopic (exact) mass is 742 g/mol. The average Bonchev–Trinajstić information content (AvgIpc) is 3.61. The summed E-state index contributed by atoms with van der Waals surface area (Å²) in [5, 5.41) is 2.55. The molecule has 7 rings (SSSR count). The predicted molar refractivity (Wildman–Crippen MR) is 206 cm³/mol. The van der Waals surface area contributed by atoms with Crippen LogP contribution in [0.15, 0.2) is 85.5 Å². The topological polar surface area (TPSA) is 65.1 Å². The molecule has 0 spiro atoms. The van der Waals surface area contributed by atoms with Gasteiger partial charge in [0.15, 0.2) is 0 Å². The molecule has 3 aliphatic heterocycles. The first-order valence-corrected chi connectivity index (χ1v) is 19.6. The highest BCUT2D eigenvalue weighted by atomic mass is 19.3. The first-order chi connectivity index (χ1) is 26.1. The number of methoxy groups -OCH3 is 1. The molecule has 1 N–H and O–H groups in total. The van der Waals surface area contributed by atoms with E-state index in [0.717, 1.165) is 102 Å². The van der Waals surface area contributed by atoms with E-state index in [1.54, 1.807) is 30.3 Å². The molecule has 1 saturated carbocycles. The van der Waals surface area contributed by atoms with Crippen LogP contribution in [0.4, 0.5) is 24.5 Å². The lowest BCUT2D eigenvalue weighted by atomic mass is 9.56. The molecule has 4 fully saturated rings. The van der Waals surface area contributed by atoms with E-state index in [-0.39, 0.29) is 40.2 Å². The van der Waals surface area contributed by atoms with Crippen LogP contribution in [-0.4, -0.2) is 81.1 Å². The first-order valence-electron chi connectivity index (χ1n) is 19.6. The van der Waals surface area contributed by atoms with Crippen molar-refractivity contribution in [3.05, 3.63) is 108 Å². The molecule has 54 heavy (non-hydrogen) atoms. The third-order valence-electron chi connectivity index (χ3n) is 12.8. The van der Waals surface area contributed by atoms with E-state index < -0.39 is 11.8 Å². The molecule has 3 atom stereocenters. The molecule has 3 saturated heterocycles. The van der Waals surface area contributed by atoms with Gasteiger partial charge in [-0.1, -0.05) is 49.4 Å². The van der Waals surface area contributed by atoms with Gasteiger partial charge in [-0.3, -0.25) is 9.59 Å². The molecule has 0 unspecified atom stereocenters. The van der Waals surface area contributed by atoms with Crippen LogP contribution < -0.4 is 10.2 Å². The molecule has 0 bridgehead atoms. The van der Waals surface area contributed by atoms with Gasteiger partial charge >= 0.3 is 5.97 Å². The molecule has 3 heterocycles. The van der Waals surface area contributed by atoms with Crippen molar-refractivity contribution in [2.45, 2.75) is 56.3 Å². The van der Waals surface area contributed by atoms with Crippen molar-refractivity contribution >= 4 is 23.3 Å². The third kappa shape index (κ3) is 7.96. The number of carbonyl (C=O) groups excluding carboxylic acids is 2. The zero-order chi connectivity index (χ0) is 37.9. The summed E-state index contributed by atoms with van der Waals surface area (Å²) >= 11 is 0. The highest BCUT2D eigenvalue weighted by molar-refractivity contribution is 5.98. The Kier molecular flexibility index (Phi) is 11.5. The Balaban J connectivity index is 0.987. The van der Waals surface area contributed by atoms with Crippen molar-refractivity contribution in [3.8, 4) is 0 Å². The van der Waals surface area contributed by atoms with Crippen LogP contribution in [0, 0.1) is 29.5 Å². The number of nitrogens with one attached hydrogen (secondary N) is 1. The van der Waals surface area contributed by atoms with Crippen LogP contribution in [0.2, 0.25) is 0 Å². The van der Waals surface area contributed by atoms with Gasteiger partial charge in [0.1, 0.15) is 5.82 Å². The number of carbonyl (C=O) groups is 2. The molecule has 288 valence electrons. The van der Waals surface area contributed by atoms with E-state index in [1.807, 2.05) is 6.07 Å². The van der Waals surface area contributed by atoms with Crippen molar-refractivity contribution in [2.75, 3.05) is 69.7 Å². The number of alkyl halides is 2. The van der Waals surface area contributed by atoms with Crippen molar-refractivity contribution < 1.29 is 27.5 Å². The Morgan fingerprint density at radius 1 is 0.870 bits per heavy atom. The fourth-order valence-corrected chi connectivity index (χ4v) is 9.96. The molecule has 7 nitrogen and oxygen atoms in total. The highest BCUT2D eigenvalue weighted by Crippen LogP contribution is 2.54. The summed E-state index contributed by atoms with van der Waals surface area (Å²) in [6, 6.07) is 19.6. The quantitative estimate of drug-likeness (QED) is 0.134.